The molecule has 0 saturated heterocycles. The maximum atomic E-state index is 10.9. The van der Waals surface area contributed by atoms with Crippen LogP contribution in [-0.4, -0.2) is 34.0 Å². The molecule has 1 saturated carbocycles. The molecule has 0 bridgehead atoms. The molecule has 0 radical (unpaired) electrons. The van der Waals surface area contributed by atoms with Gasteiger partial charge in [-0.1, -0.05) is 0 Å². The molecule has 0 atom stereocenters. The molecule has 1 heterocycles. The number of nitrogens with one attached hydrogen (secondary N) is 1. The van der Waals surface area contributed by atoms with Crippen LogP contribution in [0.5, 0.6) is 0 Å². The molecular formula is C13H20N2O2. The van der Waals surface area contributed by atoms with Crippen LogP contribution in [0.3, 0.4) is 0 Å². The lowest BCUT2D eigenvalue weighted by Gasteiger charge is -2.33. The lowest BCUT2D eigenvalue weighted by molar-refractivity contribution is -0.143. The van der Waals surface area contributed by atoms with Gasteiger partial charge < -0.3 is 10.1 Å². The van der Waals surface area contributed by atoms with Crippen LogP contribution in [0.2, 0.25) is 0 Å². The van der Waals surface area contributed by atoms with Crippen molar-refractivity contribution >= 4 is 5.97 Å². The van der Waals surface area contributed by atoms with Crippen LogP contribution in [-0.2, 0) is 11.3 Å². The van der Waals surface area contributed by atoms with Crippen LogP contribution in [0, 0.1) is 5.92 Å². The molecule has 0 amide bonds. The summed E-state index contributed by atoms with van der Waals surface area (Å²) < 4.78 is 0. The number of hydrogen-bond acceptors (Lipinski definition) is 2. The van der Waals surface area contributed by atoms with Gasteiger partial charge in [0.1, 0.15) is 0 Å². The summed E-state index contributed by atoms with van der Waals surface area (Å²) in [6.07, 6.45) is 5.55. The number of nitrogens with zero attached hydrogens (tertiary/aromatic N) is 1. The molecule has 2 N–H and O–H groups in total. The van der Waals surface area contributed by atoms with Crippen molar-refractivity contribution in [3.05, 3.63) is 24.0 Å². The van der Waals surface area contributed by atoms with Gasteiger partial charge in [0.05, 0.1) is 5.92 Å². The highest BCUT2D eigenvalue weighted by molar-refractivity contribution is 5.70. The Morgan fingerprint density at radius 1 is 1.47 bits per heavy atom. The number of carbonyl (C=O) groups is 1. The summed E-state index contributed by atoms with van der Waals surface area (Å²) in [7, 11) is 2.12. The topological polar surface area (TPSA) is 56.3 Å². The third-order valence-corrected chi connectivity index (χ3v) is 3.75. The fourth-order valence-corrected chi connectivity index (χ4v) is 2.63. The first kappa shape index (κ1) is 12.2. The first-order valence-corrected chi connectivity index (χ1v) is 6.22. The zero-order valence-corrected chi connectivity index (χ0v) is 10.2. The number of carboxylic acid groups (broad SMARTS) is 1. The molecule has 1 fully saturated rings. The van der Waals surface area contributed by atoms with Gasteiger partial charge in [-0.15, -0.1) is 0 Å². The largest absolute Gasteiger partial charge is 0.481 e. The Labute approximate surface area is 102 Å². The Hall–Kier alpha value is -1.29. The van der Waals surface area contributed by atoms with Gasteiger partial charge in [-0.3, -0.25) is 9.69 Å². The van der Waals surface area contributed by atoms with Crippen LogP contribution < -0.4 is 0 Å². The smallest absolute Gasteiger partial charge is 0.306 e. The van der Waals surface area contributed by atoms with Gasteiger partial charge in [0.25, 0.3) is 0 Å². The van der Waals surface area contributed by atoms with Crippen molar-refractivity contribution in [2.45, 2.75) is 38.3 Å². The average molecular weight is 236 g/mol. The van der Waals surface area contributed by atoms with Crippen molar-refractivity contribution in [3.63, 3.8) is 0 Å². The third-order valence-electron chi connectivity index (χ3n) is 3.75. The SMILES string of the molecule is CN(Cc1ccc[nH]1)C1CCC(C(=O)O)CC1. The van der Waals surface area contributed by atoms with Crippen molar-refractivity contribution in [2.75, 3.05) is 7.05 Å². The minimum Gasteiger partial charge on any atom is -0.481 e. The van der Waals surface area contributed by atoms with Crippen LogP contribution in [0.25, 0.3) is 0 Å². The second-order valence-corrected chi connectivity index (χ2v) is 4.95. The summed E-state index contributed by atoms with van der Waals surface area (Å²) >= 11 is 0. The van der Waals surface area contributed by atoms with Gasteiger partial charge in [-0.2, -0.15) is 0 Å². The van der Waals surface area contributed by atoms with E-state index < -0.39 is 5.97 Å². The van der Waals surface area contributed by atoms with Crippen LogP contribution in [0.1, 0.15) is 31.4 Å². The molecular weight excluding hydrogens is 216 g/mol. The number of aromatic nitrogens is 1. The summed E-state index contributed by atoms with van der Waals surface area (Å²) in [6, 6.07) is 4.61. The Morgan fingerprint density at radius 2 is 2.18 bits per heavy atom. The van der Waals surface area contributed by atoms with E-state index in [-0.39, 0.29) is 5.92 Å². The van der Waals surface area contributed by atoms with Gasteiger partial charge >= 0.3 is 5.97 Å². The molecule has 17 heavy (non-hydrogen) atoms. The summed E-state index contributed by atoms with van der Waals surface area (Å²) in [5.41, 5.74) is 1.22. The minimum absolute atomic E-state index is 0.120. The maximum absolute atomic E-state index is 10.9. The van der Waals surface area contributed by atoms with E-state index in [0.717, 1.165) is 32.2 Å². The Kier molecular flexibility index (Phi) is 3.84. The molecule has 4 nitrogen and oxygen atoms in total. The van der Waals surface area contributed by atoms with E-state index >= 15 is 0 Å². The molecule has 1 aromatic heterocycles. The Morgan fingerprint density at radius 3 is 2.71 bits per heavy atom. The predicted molar refractivity (Wildman–Crippen MR) is 65.6 cm³/mol. The number of aliphatic carboxylic acids is 1. The van der Waals surface area contributed by atoms with E-state index in [1.54, 1.807) is 0 Å². The fraction of sp³-hybridized carbons (Fsp3) is 0.615. The molecule has 0 aromatic carbocycles. The minimum atomic E-state index is -0.629. The van der Waals surface area contributed by atoms with E-state index in [9.17, 15) is 4.79 Å². The quantitative estimate of drug-likeness (QED) is 0.841. The standard InChI is InChI=1S/C13H20N2O2/c1-15(9-11-3-2-8-14-11)12-6-4-10(5-7-12)13(16)17/h2-3,8,10,12,14H,4-7,9H2,1H3,(H,16,17). The fourth-order valence-electron chi connectivity index (χ4n) is 2.63. The van der Waals surface area contributed by atoms with E-state index in [1.165, 1.54) is 5.69 Å². The Balaban J connectivity index is 1.82. The van der Waals surface area contributed by atoms with Crippen molar-refractivity contribution in [2.24, 2.45) is 5.92 Å². The van der Waals surface area contributed by atoms with Crippen LogP contribution in [0.4, 0.5) is 0 Å². The van der Waals surface area contributed by atoms with Crippen molar-refractivity contribution in [1.82, 2.24) is 9.88 Å². The summed E-state index contributed by atoms with van der Waals surface area (Å²) in [6.45, 7) is 0.912. The number of aromatic amines is 1. The van der Waals surface area contributed by atoms with Crippen molar-refractivity contribution in [3.8, 4) is 0 Å². The molecule has 1 aliphatic rings. The zero-order chi connectivity index (χ0) is 12.3. The van der Waals surface area contributed by atoms with Gasteiger partial charge in [0.15, 0.2) is 0 Å². The average Bonchev–Trinajstić information content (AvgIpc) is 2.82. The van der Waals surface area contributed by atoms with Gasteiger partial charge in [0.2, 0.25) is 0 Å². The van der Waals surface area contributed by atoms with E-state index in [1.807, 2.05) is 12.3 Å². The maximum Gasteiger partial charge on any atom is 0.306 e. The van der Waals surface area contributed by atoms with E-state index in [4.69, 9.17) is 5.11 Å². The van der Waals surface area contributed by atoms with Crippen molar-refractivity contribution < 1.29 is 9.90 Å². The highest BCUT2D eigenvalue weighted by Gasteiger charge is 2.27. The summed E-state index contributed by atoms with van der Waals surface area (Å²) in [5, 5.41) is 8.95. The molecule has 1 aromatic rings. The monoisotopic (exact) mass is 236 g/mol. The predicted octanol–water partition coefficient (Wildman–Crippen LogP) is 2.09. The zero-order valence-electron chi connectivity index (χ0n) is 10.2. The number of H-pyrrole nitrogens is 1. The third kappa shape index (κ3) is 3.09. The Bertz CT molecular complexity index is 354. The van der Waals surface area contributed by atoms with Crippen LogP contribution >= 0.6 is 0 Å². The molecule has 2 rings (SSSR count). The van der Waals surface area contributed by atoms with Gasteiger partial charge in [0, 0.05) is 24.5 Å². The molecule has 0 spiro atoms. The molecule has 0 aliphatic heterocycles. The van der Waals surface area contributed by atoms with E-state index in [2.05, 4.69) is 23.0 Å². The molecule has 94 valence electrons. The first-order valence-electron chi connectivity index (χ1n) is 6.22. The number of carboxylic acids is 1. The molecule has 1 aliphatic carbocycles. The van der Waals surface area contributed by atoms with Gasteiger partial charge in [-0.05, 0) is 44.9 Å². The second kappa shape index (κ2) is 5.36. The first-order chi connectivity index (χ1) is 8.16. The second-order valence-electron chi connectivity index (χ2n) is 4.95. The number of rotatable bonds is 4. The van der Waals surface area contributed by atoms with Crippen LogP contribution in [0.15, 0.2) is 18.3 Å². The highest BCUT2D eigenvalue weighted by atomic mass is 16.4. The summed E-state index contributed by atoms with van der Waals surface area (Å²) in [4.78, 5) is 16.4. The van der Waals surface area contributed by atoms with Gasteiger partial charge in [-0.25, -0.2) is 0 Å². The summed E-state index contributed by atoms with van der Waals surface area (Å²) in [5.74, 6) is -0.749. The lowest BCUT2D eigenvalue weighted by atomic mass is 9.85. The lowest BCUT2D eigenvalue weighted by Crippen LogP contribution is -2.36. The molecule has 4 heteroatoms. The number of hydrogen-bond donors (Lipinski definition) is 2. The normalized spacial score (nSPS) is 25.1. The van der Waals surface area contributed by atoms with E-state index in [0.29, 0.717) is 6.04 Å². The highest BCUT2D eigenvalue weighted by Crippen LogP contribution is 2.27. The molecule has 0 unspecified atom stereocenters. The van der Waals surface area contributed by atoms with Crippen molar-refractivity contribution in [1.29, 1.82) is 0 Å².